The molecule has 0 radical (unpaired) electrons. The van der Waals surface area contributed by atoms with Crippen molar-refractivity contribution in [3.63, 3.8) is 0 Å². The first-order valence-electron chi connectivity index (χ1n) is 8.85. The van der Waals surface area contributed by atoms with Crippen LogP contribution in [0.4, 0.5) is 5.82 Å². The molecule has 3 aromatic heterocycles. The second-order valence-corrected chi connectivity index (χ2v) is 7.87. The third-order valence-corrected chi connectivity index (χ3v) is 4.52. The van der Waals surface area contributed by atoms with Crippen LogP contribution in [0.15, 0.2) is 30.6 Å². The third-order valence-electron chi connectivity index (χ3n) is 4.52. The van der Waals surface area contributed by atoms with Crippen molar-refractivity contribution in [2.75, 3.05) is 5.73 Å². The number of H-pyrrole nitrogens is 1. The van der Waals surface area contributed by atoms with Gasteiger partial charge >= 0.3 is 0 Å². The molecule has 138 valence electrons. The van der Waals surface area contributed by atoms with Gasteiger partial charge in [-0.1, -0.05) is 12.1 Å². The highest BCUT2D eigenvalue weighted by molar-refractivity contribution is 6.00. The lowest BCUT2D eigenvalue weighted by Gasteiger charge is -2.19. The standard InChI is InChI=1S/C20H22N6O/c1-11(27)7-12-5-6-13-9-15(24-14(13)8-12)17-16-18(21)22-10-23-19(16)26(25-17)20(2,3)4/h5-6,8-10,24H,7H2,1-4H3,(H2,21,22,23). The number of aromatic amines is 1. The Labute approximate surface area is 156 Å². The molecule has 0 saturated carbocycles. The van der Waals surface area contributed by atoms with Crippen molar-refractivity contribution in [3.8, 4) is 11.4 Å². The molecule has 0 aliphatic carbocycles. The van der Waals surface area contributed by atoms with Crippen molar-refractivity contribution in [1.82, 2.24) is 24.7 Å². The molecule has 4 rings (SSSR count). The summed E-state index contributed by atoms with van der Waals surface area (Å²) in [7, 11) is 0. The number of ketones is 1. The van der Waals surface area contributed by atoms with E-state index in [2.05, 4.69) is 35.7 Å². The van der Waals surface area contributed by atoms with Crippen LogP contribution in [-0.2, 0) is 16.8 Å². The minimum atomic E-state index is -0.252. The van der Waals surface area contributed by atoms with Gasteiger partial charge in [0.2, 0.25) is 0 Å². The number of hydrogen-bond donors (Lipinski definition) is 2. The fourth-order valence-electron chi connectivity index (χ4n) is 3.33. The summed E-state index contributed by atoms with van der Waals surface area (Å²) in [4.78, 5) is 23.4. The molecular formula is C20H22N6O. The smallest absolute Gasteiger partial charge is 0.164 e. The monoisotopic (exact) mass is 362 g/mol. The van der Waals surface area contributed by atoms with Crippen LogP contribution in [0.2, 0.25) is 0 Å². The lowest BCUT2D eigenvalue weighted by molar-refractivity contribution is -0.116. The van der Waals surface area contributed by atoms with E-state index in [0.717, 1.165) is 33.2 Å². The number of carbonyl (C=O) groups excluding carboxylic acids is 1. The average molecular weight is 362 g/mol. The Kier molecular flexibility index (Phi) is 3.76. The fraction of sp³-hybridized carbons (Fsp3) is 0.300. The lowest BCUT2D eigenvalue weighted by Crippen LogP contribution is -2.23. The quantitative estimate of drug-likeness (QED) is 0.581. The summed E-state index contributed by atoms with van der Waals surface area (Å²) >= 11 is 0. The van der Waals surface area contributed by atoms with Crippen LogP contribution >= 0.6 is 0 Å². The van der Waals surface area contributed by atoms with E-state index in [0.29, 0.717) is 17.9 Å². The Morgan fingerprint density at radius 1 is 1.22 bits per heavy atom. The first kappa shape index (κ1) is 17.2. The summed E-state index contributed by atoms with van der Waals surface area (Å²) in [5.41, 5.74) is 10.1. The zero-order valence-electron chi connectivity index (χ0n) is 15.9. The van der Waals surface area contributed by atoms with Crippen LogP contribution in [0.5, 0.6) is 0 Å². The Bertz CT molecular complexity index is 1180. The van der Waals surface area contributed by atoms with Crippen molar-refractivity contribution in [1.29, 1.82) is 0 Å². The predicted molar refractivity (Wildman–Crippen MR) is 106 cm³/mol. The van der Waals surface area contributed by atoms with E-state index in [-0.39, 0.29) is 11.3 Å². The number of nitrogens with zero attached hydrogens (tertiary/aromatic N) is 4. The Morgan fingerprint density at radius 3 is 2.70 bits per heavy atom. The SMILES string of the molecule is CC(=O)Cc1ccc2cc(-c3nn(C(C)(C)C)c4ncnc(N)c34)[nH]c2c1. The Hall–Kier alpha value is -3.22. The van der Waals surface area contributed by atoms with Crippen LogP contribution in [0.1, 0.15) is 33.3 Å². The second kappa shape index (κ2) is 5.90. The zero-order valence-corrected chi connectivity index (χ0v) is 15.9. The number of hydrogen-bond acceptors (Lipinski definition) is 5. The fourth-order valence-corrected chi connectivity index (χ4v) is 3.33. The van der Waals surface area contributed by atoms with Gasteiger partial charge in [0.25, 0.3) is 0 Å². The first-order valence-corrected chi connectivity index (χ1v) is 8.85. The first-order chi connectivity index (χ1) is 12.7. The summed E-state index contributed by atoms with van der Waals surface area (Å²) in [5.74, 6) is 0.544. The molecular weight excluding hydrogens is 340 g/mol. The van der Waals surface area contributed by atoms with Crippen LogP contribution in [-0.4, -0.2) is 30.5 Å². The molecule has 0 unspecified atom stereocenters. The minimum absolute atomic E-state index is 0.140. The van der Waals surface area contributed by atoms with E-state index in [1.807, 2.05) is 28.9 Å². The number of fused-ring (bicyclic) bond motifs is 2. The summed E-state index contributed by atoms with van der Waals surface area (Å²) in [5, 5.41) is 6.59. The number of nitrogens with one attached hydrogen (secondary N) is 1. The molecule has 7 nitrogen and oxygen atoms in total. The van der Waals surface area contributed by atoms with Gasteiger partial charge in [-0.05, 0) is 45.4 Å². The summed E-state index contributed by atoms with van der Waals surface area (Å²) in [6.07, 6.45) is 1.89. The molecule has 27 heavy (non-hydrogen) atoms. The van der Waals surface area contributed by atoms with E-state index in [4.69, 9.17) is 10.8 Å². The van der Waals surface area contributed by atoms with Crippen molar-refractivity contribution >= 4 is 33.5 Å². The van der Waals surface area contributed by atoms with Crippen molar-refractivity contribution in [2.24, 2.45) is 0 Å². The molecule has 7 heteroatoms. The third kappa shape index (κ3) is 2.95. The number of benzene rings is 1. The number of carbonyl (C=O) groups is 1. The highest BCUT2D eigenvalue weighted by Crippen LogP contribution is 2.34. The summed E-state index contributed by atoms with van der Waals surface area (Å²) < 4.78 is 1.88. The second-order valence-electron chi connectivity index (χ2n) is 7.87. The molecule has 0 aliphatic rings. The van der Waals surface area contributed by atoms with E-state index in [1.165, 1.54) is 6.33 Å². The zero-order chi connectivity index (χ0) is 19.3. The summed E-state index contributed by atoms with van der Waals surface area (Å²) in [6, 6.07) is 8.03. The van der Waals surface area contributed by atoms with Gasteiger partial charge in [-0.15, -0.1) is 0 Å². The number of rotatable bonds is 3. The number of nitrogen functional groups attached to an aromatic ring is 1. The molecule has 0 bridgehead atoms. The number of Topliss-reactive ketones (excluding diaryl/α,β-unsaturated/α-hetero) is 1. The van der Waals surface area contributed by atoms with Crippen LogP contribution in [0, 0.1) is 0 Å². The van der Waals surface area contributed by atoms with Gasteiger partial charge < -0.3 is 10.7 Å². The normalized spacial score (nSPS) is 12.1. The van der Waals surface area contributed by atoms with E-state index >= 15 is 0 Å². The maximum atomic E-state index is 11.4. The van der Waals surface area contributed by atoms with Gasteiger partial charge in [0, 0.05) is 17.3 Å². The highest BCUT2D eigenvalue weighted by Gasteiger charge is 2.24. The maximum Gasteiger partial charge on any atom is 0.164 e. The largest absolute Gasteiger partial charge is 0.383 e. The molecule has 0 saturated heterocycles. The predicted octanol–water partition coefficient (Wildman–Crippen LogP) is 3.44. The van der Waals surface area contributed by atoms with Crippen molar-refractivity contribution < 1.29 is 4.79 Å². The van der Waals surface area contributed by atoms with Gasteiger partial charge in [-0.2, -0.15) is 5.10 Å². The van der Waals surface area contributed by atoms with E-state index in [9.17, 15) is 4.79 Å². The molecule has 0 amide bonds. The van der Waals surface area contributed by atoms with Gasteiger partial charge in [-0.25, -0.2) is 14.6 Å². The molecule has 1 aromatic carbocycles. The van der Waals surface area contributed by atoms with E-state index < -0.39 is 0 Å². The number of nitrogens with two attached hydrogens (primary N) is 1. The molecule has 4 aromatic rings. The Balaban J connectivity index is 1.93. The van der Waals surface area contributed by atoms with E-state index in [1.54, 1.807) is 6.92 Å². The van der Waals surface area contributed by atoms with Crippen LogP contribution < -0.4 is 5.73 Å². The van der Waals surface area contributed by atoms with Crippen LogP contribution in [0.25, 0.3) is 33.3 Å². The van der Waals surface area contributed by atoms with Crippen molar-refractivity contribution in [3.05, 3.63) is 36.2 Å². The molecule has 0 aliphatic heterocycles. The van der Waals surface area contributed by atoms with Gasteiger partial charge in [0.15, 0.2) is 5.65 Å². The van der Waals surface area contributed by atoms with Gasteiger partial charge in [-0.3, -0.25) is 4.79 Å². The molecule has 3 heterocycles. The van der Waals surface area contributed by atoms with Gasteiger partial charge in [0.05, 0.1) is 16.6 Å². The maximum absolute atomic E-state index is 11.4. The van der Waals surface area contributed by atoms with Gasteiger partial charge in [0.1, 0.15) is 23.6 Å². The Morgan fingerprint density at radius 2 is 2.00 bits per heavy atom. The minimum Gasteiger partial charge on any atom is -0.383 e. The number of aromatic nitrogens is 5. The topological polar surface area (TPSA) is 102 Å². The van der Waals surface area contributed by atoms with Crippen molar-refractivity contribution in [2.45, 2.75) is 39.7 Å². The highest BCUT2D eigenvalue weighted by atomic mass is 16.1. The molecule has 0 atom stereocenters. The lowest BCUT2D eigenvalue weighted by atomic mass is 10.1. The molecule has 0 spiro atoms. The number of anilines is 1. The van der Waals surface area contributed by atoms with Crippen LogP contribution in [0.3, 0.4) is 0 Å². The summed E-state index contributed by atoms with van der Waals surface area (Å²) in [6.45, 7) is 7.81. The molecule has 3 N–H and O–H groups in total. The average Bonchev–Trinajstić information content (AvgIpc) is 3.15. The molecule has 0 fully saturated rings.